The second-order valence-electron chi connectivity index (χ2n) is 6.32. The van der Waals surface area contributed by atoms with E-state index in [0.717, 1.165) is 5.56 Å². The highest BCUT2D eigenvalue weighted by Gasteiger charge is 2.40. The average molecular weight is 374 g/mol. The molecule has 0 unspecified atom stereocenters. The topological polar surface area (TPSA) is 89.7 Å². The van der Waals surface area contributed by atoms with Crippen LogP contribution in [-0.4, -0.2) is 45.4 Å². The third-order valence-electron chi connectivity index (χ3n) is 4.85. The Kier molecular flexibility index (Phi) is 5.41. The van der Waals surface area contributed by atoms with Crippen molar-refractivity contribution in [2.45, 2.75) is 10.8 Å². The molecule has 2 N–H and O–H groups in total. The highest BCUT2D eigenvalue weighted by Crippen LogP contribution is 2.35. The third-order valence-corrected chi connectivity index (χ3v) is 6.74. The normalized spacial score (nSPS) is 20.8. The van der Waals surface area contributed by atoms with Gasteiger partial charge in [-0.3, -0.25) is 0 Å². The van der Waals surface area contributed by atoms with Gasteiger partial charge in [0.1, 0.15) is 0 Å². The summed E-state index contributed by atoms with van der Waals surface area (Å²) in [5, 5.41) is 0. The molecule has 2 atom stereocenters. The first-order valence-corrected chi connectivity index (χ1v) is 9.85. The average Bonchev–Trinajstić information content (AvgIpc) is 3.13. The number of ether oxygens (including phenoxy) is 1. The first kappa shape index (κ1) is 18.6. The summed E-state index contributed by atoms with van der Waals surface area (Å²) < 4.78 is 32.5. The smallest absolute Gasteiger partial charge is 0.339 e. The van der Waals surface area contributed by atoms with E-state index >= 15 is 0 Å². The lowest BCUT2D eigenvalue weighted by Crippen LogP contribution is -2.31. The molecule has 2 aromatic rings. The standard InChI is InChI=1S/C19H22N2O4S/c1-25-19(22)16-9-5-6-10-18(16)26(23,24)21-12-15(11-20)17(13-21)14-7-3-2-4-8-14/h2-10,15,17H,11-13,20H2,1H3/t15-,17+/m1/s1. The zero-order chi connectivity index (χ0) is 18.7. The minimum atomic E-state index is -3.83. The van der Waals surface area contributed by atoms with Gasteiger partial charge in [0, 0.05) is 19.0 Å². The summed E-state index contributed by atoms with van der Waals surface area (Å²) in [7, 11) is -2.60. The molecule has 2 aromatic carbocycles. The zero-order valence-corrected chi connectivity index (χ0v) is 15.4. The number of carbonyl (C=O) groups excluding carboxylic acids is 1. The largest absolute Gasteiger partial charge is 0.465 e. The van der Waals surface area contributed by atoms with Crippen molar-refractivity contribution in [1.82, 2.24) is 4.31 Å². The molecule has 1 aliphatic rings. The number of hydrogen-bond donors (Lipinski definition) is 1. The number of rotatable bonds is 5. The van der Waals surface area contributed by atoms with Crippen LogP contribution in [0.1, 0.15) is 21.8 Å². The van der Waals surface area contributed by atoms with Crippen LogP contribution in [0.25, 0.3) is 0 Å². The fourth-order valence-corrected chi connectivity index (χ4v) is 5.16. The highest BCUT2D eigenvalue weighted by atomic mass is 32.2. The van der Waals surface area contributed by atoms with E-state index in [1.807, 2.05) is 30.3 Å². The van der Waals surface area contributed by atoms with Gasteiger partial charge >= 0.3 is 5.97 Å². The number of benzene rings is 2. The second-order valence-corrected chi connectivity index (χ2v) is 8.23. The van der Waals surface area contributed by atoms with Gasteiger partial charge in [0.2, 0.25) is 10.0 Å². The Morgan fingerprint density at radius 1 is 1.12 bits per heavy atom. The Labute approximate surface area is 153 Å². The van der Waals surface area contributed by atoms with Gasteiger partial charge in [0.25, 0.3) is 0 Å². The monoisotopic (exact) mass is 374 g/mol. The minimum Gasteiger partial charge on any atom is -0.465 e. The first-order chi connectivity index (χ1) is 12.5. The number of methoxy groups -OCH3 is 1. The van der Waals surface area contributed by atoms with Crippen LogP contribution in [0.2, 0.25) is 0 Å². The van der Waals surface area contributed by atoms with Crippen LogP contribution in [-0.2, 0) is 14.8 Å². The number of sulfonamides is 1. The Balaban J connectivity index is 1.95. The number of hydrogen-bond acceptors (Lipinski definition) is 5. The van der Waals surface area contributed by atoms with Gasteiger partial charge in [-0.15, -0.1) is 0 Å². The summed E-state index contributed by atoms with van der Waals surface area (Å²) in [6.45, 7) is 1.06. The molecule has 26 heavy (non-hydrogen) atoms. The number of nitrogens with two attached hydrogens (primary N) is 1. The molecule has 0 aliphatic carbocycles. The van der Waals surface area contributed by atoms with Crippen molar-refractivity contribution in [3.8, 4) is 0 Å². The van der Waals surface area contributed by atoms with Gasteiger partial charge in [0.15, 0.2) is 0 Å². The molecule has 1 aliphatic heterocycles. The Morgan fingerprint density at radius 2 is 1.77 bits per heavy atom. The third kappa shape index (κ3) is 3.38. The maximum atomic E-state index is 13.2. The lowest BCUT2D eigenvalue weighted by Gasteiger charge is -2.18. The SMILES string of the molecule is COC(=O)c1ccccc1S(=O)(=O)N1C[C@@H](CN)[C@H](c2ccccc2)C1. The van der Waals surface area contributed by atoms with E-state index in [1.54, 1.807) is 12.1 Å². The predicted octanol–water partition coefficient (Wildman–Crippen LogP) is 1.84. The molecular formula is C19H22N2O4S. The van der Waals surface area contributed by atoms with E-state index in [9.17, 15) is 13.2 Å². The first-order valence-electron chi connectivity index (χ1n) is 8.41. The second kappa shape index (κ2) is 7.57. The highest BCUT2D eigenvalue weighted by molar-refractivity contribution is 7.89. The quantitative estimate of drug-likeness (QED) is 0.807. The van der Waals surface area contributed by atoms with E-state index in [0.29, 0.717) is 19.6 Å². The summed E-state index contributed by atoms with van der Waals surface area (Å²) in [6, 6.07) is 15.9. The van der Waals surface area contributed by atoms with Crippen molar-refractivity contribution in [3.63, 3.8) is 0 Å². The van der Waals surface area contributed by atoms with E-state index < -0.39 is 16.0 Å². The molecule has 0 aromatic heterocycles. The van der Waals surface area contributed by atoms with Crippen LogP contribution in [0.4, 0.5) is 0 Å². The van der Waals surface area contributed by atoms with Gasteiger partial charge in [-0.05, 0) is 30.2 Å². The van der Waals surface area contributed by atoms with Gasteiger partial charge in [-0.25, -0.2) is 13.2 Å². The van der Waals surface area contributed by atoms with Crippen molar-refractivity contribution in [3.05, 3.63) is 65.7 Å². The van der Waals surface area contributed by atoms with Gasteiger partial charge in [-0.2, -0.15) is 4.31 Å². The number of nitrogens with zero attached hydrogens (tertiary/aromatic N) is 1. The Hall–Kier alpha value is -2.22. The molecular weight excluding hydrogens is 352 g/mol. The molecule has 1 heterocycles. The van der Waals surface area contributed by atoms with Crippen LogP contribution in [0.5, 0.6) is 0 Å². The summed E-state index contributed by atoms with van der Waals surface area (Å²) in [4.78, 5) is 11.9. The molecule has 6 nitrogen and oxygen atoms in total. The number of carbonyl (C=O) groups is 1. The summed E-state index contributed by atoms with van der Waals surface area (Å²) in [6.07, 6.45) is 0. The molecule has 1 fully saturated rings. The molecule has 7 heteroatoms. The van der Waals surface area contributed by atoms with Crippen molar-refractivity contribution >= 4 is 16.0 Å². The van der Waals surface area contributed by atoms with Crippen molar-refractivity contribution in [2.24, 2.45) is 11.7 Å². The Morgan fingerprint density at radius 3 is 2.42 bits per heavy atom. The Bertz CT molecular complexity index is 883. The molecule has 0 spiro atoms. The van der Waals surface area contributed by atoms with Crippen molar-refractivity contribution < 1.29 is 17.9 Å². The van der Waals surface area contributed by atoms with E-state index in [4.69, 9.17) is 10.5 Å². The van der Waals surface area contributed by atoms with Crippen molar-refractivity contribution in [1.29, 1.82) is 0 Å². The molecule has 1 saturated heterocycles. The molecule has 0 amide bonds. The zero-order valence-electron chi connectivity index (χ0n) is 14.5. The summed E-state index contributed by atoms with van der Waals surface area (Å²) in [5.41, 5.74) is 7.02. The van der Waals surface area contributed by atoms with Crippen LogP contribution in [0.3, 0.4) is 0 Å². The minimum absolute atomic E-state index is 0.0254. The van der Waals surface area contributed by atoms with Crippen LogP contribution in [0.15, 0.2) is 59.5 Å². The van der Waals surface area contributed by atoms with Crippen LogP contribution < -0.4 is 5.73 Å². The van der Waals surface area contributed by atoms with Crippen LogP contribution >= 0.6 is 0 Å². The molecule has 0 saturated carbocycles. The fraction of sp³-hybridized carbons (Fsp3) is 0.316. The molecule has 0 bridgehead atoms. The summed E-state index contributed by atoms with van der Waals surface area (Å²) >= 11 is 0. The summed E-state index contributed by atoms with van der Waals surface area (Å²) in [5.74, 6) is -0.614. The maximum absolute atomic E-state index is 13.2. The van der Waals surface area contributed by atoms with Gasteiger partial charge in [-0.1, -0.05) is 42.5 Å². The van der Waals surface area contributed by atoms with Crippen molar-refractivity contribution in [2.75, 3.05) is 26.7 Å². The van der Waals surface area contributed by atoms with E-state index in [1.165, 1.54) is 23.5 Å². The molecule has 0 radical (unpaired) electrons. The fourth-order valence-electron chi connectivity index (χ4n) is 3.45. The lowest BCUT2D eigenvalue weighted by molar-refractivity contribution is 0.0596. The van der Waals surface area contributed by atoms with E-state index in [2.05, 4.69) is 0 Å². The van der Waals surface area contributed by atoms with Gasteiger partial charge in [0.05, 0.1) is 17.6 Å². The maximum Gasteiger partial charge on any atom is 0.339 e. The van der Waals surface area contributed by atoms with Crippen LogP contribution in [0, 0.1) is 5.92 Å². The lowest BCUT2D eigenvalue weighted by atomic mass is 9.89. The molecule has 138 valence electrons. The molecule has 3 rings (SSSR count). The number of esters is 1. The van der Waals surface area contributed by atoms with E-state index in [-0.39, 0.29) is 22.3 Å². The van der Waals surface area contributed by atoms with Gasteiger partial charge < -0.3 is 10.5 Å². The predicted molar refractivity (Wildman–Crippen MR) is 98.3 cm³/mol.